The molecule has 112 valence electrons. The predicted octanol–water partition coefficient (Wildman–Crippen LogP) is 3.49. The summed E-state index contributed by atoms with van der Waals surface area (Å²) in [7, 11) is 2.12. The van der Waals surface area contributed by atoms with Crippen LogP contribution in [-0.2, 0) is 15.7 Å². The van der Waals surface area contributed by atoms with Gasteiger partial charge in [-0.25, -0.2) is 9.59 Å². The van der Waals surface area contributed by atoms with Gasteiger partial charge in [-0.2, -0.15) is 13.2 Å². The molecule has 0 aliphatic heterocycles. The monoisotopic (exact) mass is 318 g/mol. The summed E-state index contributed by atoms with van der Waals surface area (Å²) in [5, 5.41) is 0.0158. The minimum Gasteiger partial charge on any atom is -0.465 e. The van der Waals surface area contributed by atoms with E-state index in [1.54, 1.807) is 0 Å². The van der Waals surface area contributed by atoms with Crippen molar-refractivity contribution >= 4 is 33.4 Å². The maximum absolute atomic E-state index is 13.1. The van der Waals surface area contributed by atoms with E-state index in [1.807, 2.05) is 0 Å². The average molecular weight is 318 g/mol. The number of carbonyl (C=O) groups excluding carboxylic acids is 2. The number of esters is 2. The maximum Gasteiger partial charge on any atom is 0.426 e. The normalized spacial score (nSPS) is 11.5. The lowest BCUT2D eigenvalue weighted by atomic mass is 10.1. The van der Waals surface area contributed by atoms with Gasteiger partial charge in [0.2, 0.25) is 0 Å². The van der Waals surface area contributed by atoms with Crippen molar-refractivity contribution in [1.82, 2.24) is 0 Å². The van der Waals surface area contributed by atoms with Gasteiger partial charge in [-0.05, 0) is 6.07 Å². The number of thiophene rings is 1. The fourth-order valence-corrected chi connectivity index (χ4v) is 3.05. The molecule has 0 atom stereocenters. The Morgan fingerprint density at radius 2 is 1.71 bits per heavy atom. The highest BCUT2D eigenvalue weighted by Crippen LogP contribution is 2.43. The third-order valence-corrected chi connectivity index (χ3v) is 4.05. The average Bonchev–Trinajstić information content (AvgIpc) is 2.85. The Bertz CT molecular complexity index is 718. The molecule has 0 N–H and O–H groups in total. The van der Waals surface area contributed by atoms with Gasteiger partial charge in [0.05, 0.1) is 30.0 Å². The van der Waals surface area contributed by atoms with E-state index >= 15 is 0 Å². The van der Waals surface area contributed by atoms with Crippen molar-refractivity contribution in [3.63, 3.8) is 0 Å². The summed E-state index contributed by atoms with van der Waals surface area (Å²) >= 11 is 0.318. The molecule has 8 heteroatoms. The van der Waals surface area contributed by atoms with E-state index in [2.05, 4.69) is 9.47 Å². The molecular weight excluding hydrogens is 309 g/mol. The summed E-state index contributed by atoms with van der Waals surface area (Å²) < 4.78 is 48.2. The lowest BCUT2D eigenvalue weighted by molar-refractivity contribution is -0.134. The fraction of sp³-hybridized carbons (Fsp3) is 0.231. The van der Waals surface area contributed by atoms with E-state index in [0.717, 1.165) is 14.2 Å². The van der Waals surface area contributed by atoms with Crippen LogP contribution in [0.5, 0.6) is 0 Å². The molecule has 0 saturated carbocycles. The molecule has 1 aromatic heterocycles. The van der Waals surface area contributed by atoms with Crippen LogP contribution in [0.25, 0.3) is 10.1 Å². The number of fused-ring (bicyclic) bond motifs is 1. The molecular formula is C13H9F3O4S. The predicted molar refractivity (Wildman–Crippen MR) is 69.5 cm³/mol. The van der Waals surface area contributed by atoms with Gasteiger partial charge in [0, 0.05) is 5.39 Å². The second-order valence-corrected chi connectivity index (χ2v) is 4.99. The Morgan fingerprint density at radius 3 is 2.24 bits per heavy atom. The summed E-state index contributed by atoms with van der Waals surface area (Å²) in [5.74, 6) is -1.87. The van der Waals surface area contributed by atoms with Gasteiger partial charge in [-0.1, -0.05) is 12.1 Å². The number of benzene rings is 1. The summed E-state index contributed by atoms with van der Waals surface area (Å²) in [4.78, 5) is 22.2. The summed E-state index contributed by atoms with van der Waals surface area (Å²) in [6.45, 7) is 0. The van der Waals surface area contributed by atoms with Crippen LogP contribution in [0.2, 0.25) is 0 Å². The van der Waals surface area contributed by atoms with Crippen LogP contribution in [0.1, 0.15) is 25.6 Å². The summed E-state index contributed by atoms with van der Waals surface area (Å²) in [5.41, 5.74) is -0.614. The molecule has 0 saturated heterocycles. The molecule has 0 aliphatic rings. The van der Waals surface area contributed by atoms with E-state index in [9.17, 15) is 22.8 Å². The van der Waals surface area contributed by atoms with Gasteiger partial charge in [0.25, 0.3) is 0 Å². The van der Waals surface area contributed by atoms with Crippen molar-refractivity contribution in [2.75, 3.05) is 14.2 Å². The molecule has 4 nitrogen and oxygen atoms in total. The fourth-order valence-electron chi connectivity index (χ4n) is 1.89. The molecule has 2 aromatic rings. The zero-order valence-electron chi connectivity index (χ0n) is 10.9. The van der Waals surface area contributed by atoms with Crippen molar-refractivity contribution in [2.45, 2.75) is 6.18 Å². The van der Waals surface area contributed by atoms with Crippen LogP contribution in [0.15, 0.2) is 18.2 Å². The zero-order chi connectivity index (χ0) is 15.8. The number of alkyl halides is 3. The van der Waals surface area contributed by atoms with Gasteiger partial charge in [-0.15, -0.1) is 11.3 Å². The Labute approximate surface area is 121 Å². The SMILES string of the molecule is COC(=O)c1c(C(F)(F)F)sc2c(C(=O)OC)cccc12. The van der Waals surface area contributed by atoms with E-state index in [-0.39, 0.29) is 15.6 Å². The van der Waals surface area contributed by atoms with Crippen molar-refractivity contribution in [3.8, 4) is 0 Å². The lowest BCUT2D eigenvalue weighted by Gasteiger charge is -2.06. The highest BCUT2D eigenvalue weighted by atomic mass is 32.1. The van der Waals surface area contributed by atoms with Crippen LogP contribution >= 0.6 is 11.3 Å². The molecule has 0 aliphatic carbocycles. The number of ether oxygens (including phenoxy) is 2. The molecule has 0 amide bonds. The van der Waals surface area contributed by atoms with E-state index in [4.69, 9.17) is 0 Å². The van der Waals surface area contributed by atoms with Gasteiger partial charge in [0.15, 0.2) is 0 Å². The second-order valence-electron chi connectivity index (χ2n) is 3.97. The van der Waals surface area contributed by atoms with E-state index < -0.39 is 28.6 Å². The number of hydrogen-bond acceptors (Lipinski definition) is 5. The topological polar surface area (TPSA) is 52.6 Å². The number of hydrogen-bond donors (Lipinski definition) is 0. The number of carbonyl (C=O) groups is 2. The highest BCUT2D eigenvalue weighted by Gasteiger charge is 2.40. The molecule has 0 unspecified atom stereocenters. The molecule has 0 bridgehead atoms. The second kappa shape index (κ2) is 5.36. The minimum atomic E-state index is -4.72. The standard InChI is InChI=1S/C13H9F3O4S/c1-19-11(17)7-5-3-4-6-8(12(18)20-2)10(13(14,15)16)21-9(6)7/h3-5H,1-2H3. The van der Waals surface area contributed by atoms with E-state index in [0.29, 0.717) is 11.3 Å². The third-order valence-electron chi connectivity index (χ3n) is 2.77. The Morgan fingerprint density at radius 1 is 1.10 bits per heavy atom. The number of methoxy groups -OCH3 is 2. The smallest absolute Gasteiger partial charge is 0.426 e. The van der Waals surface area contributed by atoms with Gasteiger partial charge in [-0.3, -0.25) is 0 Å². The molecule has 21 heavy (non-hydrogen) atoms. The molecule has 0 spiro atoms. The molecule has 0 fully saturated rings. The Balaban J connectivity index is 2.86. The van der Waals surface area contributed by atoms with Crippen LogP contribution in [0, 0.1) is 0 Å². The number of halogens is 3. The first-order valence-corrected chi connectivity index (χ1v) is 6.42. The highest BCUT2D eigenvalue weighted by molar-refractivity contribution is 7.20. The largest absolute Gasteiger partial charge is 0.465 e. The number of rotatable bonds is 2. The Hall–Kier alpha value is -2.09. The van der Waals surface area contributed by atoms with Crippen molar-refractivity contribution in [2.24, 2.45) is 0 Å². The van der Waals surface area contributed by atoms with Gasteiger partial charge in [0.1, 0.15) is 4.88 Å². The van der Waals surface area contributed by atoms with Crippen LogP contribution in [-0.4, -0.2) is 26.2 Å². The van der Waals surface area contributed by atoms with Gasteiger partial charge < -0.3 is 9.47 Å². The first-order valence-electron chi connectivity index (χ1n) is 5.60. The molecule has 1 heterocycles. The van der Waals surface area contributed by atoms with E-state index in [1.165, 1.54) is 18.2 Å². The molecule has 0 radical (unpaired) electrons. The Kier molecular flexibility index (Phi) is 3.91. The van der Waals surface area contributed by atoms with Crippen molar-refractivity contribution in [3.05, 3.63) is 34.2 Å². The van der Waals surface area contributed by atoms with Crippen LogP contribution in [0.3, 0.4) is 0 Å². The third kappa shape index (κ3) is 2.58. The van der Waals surface area contributed by atoms with Gasteiger partial charge >= 0.3 is 18.1 Å². The molecule has 1 aromatic carbocycles. The summed E-state index contributed by atoms with van der Waals surface area (Å²) in [6, 6.07) is 4.06. The zero-order valence-corrected chi connectivity index (χ0v) is 11.7. The lowest BCUT2D eigenvalue weighted by Crippen LogP contribution is -2.11. The minimum absolute atomic E-state index is 0.0158. The summed E-state index contributed by atoms with van der Waals surface area (Å²) in [6.07, 6.45) is -4.72. The first-order chi connectivity index (χ1) is 9.81. The quantitative estimate of drug-likeness (QED) is 0.795. The maximum atomic E-state index is 13.1. The van der Waals surface area contributed by atoms with Crippen LogP contribution < -0.4 is 0 Å². The first kappa shape index (κ1) is 15.3. The van der Waals surface area contributed by atoms with Crippen LogP contribution in [0.4, 0.5) is 13.2 Å². The molecule has 2 rings (SSSR count). The van der Waals surface area contributed by atoms with Crippen molar-refractivity contribution in [1.29, 1.82) is 0 Å². The van der Waals surface area contributed by atoms with Crippen molar-refractivity contribution < 1.29 is 32.2 Å².